The molecule has 1 aromatic rings. The van der Waals surface area contributed by atoms with Crippen LogP contribution in [0.5, 0.6) is 0 Å². The van der Waals surface area contributed by atoms with Gasteiger partial charge in [0.05, 0.1) is 4.90 Å². The van der Waals surface area contributed by atoms with Crippen LogP contribution in [0, 0.1) is 6.92 Å². The second-order valence-electron chi connectivity index (χ2n) is 4.21. The molecule has 4 nitrogen and oxygen atoms in total. The zero-order chi connectivity index (χ0) is 13.8. The molecular formula is C13H22N2O2S. The van der Waals surface area contributed by atoms with Gasteiger partial charge in [0, 0.05) is 19.6 Å². The first-order valence-electron chi connectivity index (χ1n) is 6.21. The minimum Gasteiger partial charge on any atom is -0.316 e. The van der Waals surface area contributed by atoms with E-state index in [9.17, 15) is 8.42 Å². The molecule has 0 saturated carbocycles. The minimum absolute atomic E-state index is 0.377. The fraction of sp³-hybridized carbons (Fsp3) is 0.538. The lowest BCUT2D eigenvalue weighted by Gasteiger charge is -2.19. The first kappa shape index (κ1) is 15.1. The largest absolute Gasteiger partial charge is 0.316 e. The highest BCUT2D eigenvalue weighted by Gasteiger charge is 2.21. The van der Waals surface area contributed by atoms with Gasteiger partial charge in [0.25, 0.3) is 0 Å². The molecule has 0 heterocycles. The average Bonchev–Trinajstić information content (AvgIpc) is 2.33. The summed E-state index contributed by atoms with van der Waals surface area (Å²) in [5.41, 5.74) is 2.12. The molecule has 102 valence electrons. The summed E-state index contributed by atoms with van der Waals surface area (Å²) in [5.74, 6) is 0. The number of nitrogens with zero attached hydrogens (tertiary/aromatic N) is 1. The van der Waals surface area contributed by atoms with Gasteiger partial charge in [0.1, 0.15) is 0 Å². The van der Waals surface area contributed by atoms with Gasteiger partial charge in [-0.15, -0.1) is 0 Å². The maximum Gasteiger partial charge on any atom is 0.243 e. The predicted molar refractivity (Wildman–Crippen MR) is 74.0 cm³/mol. The number of rotatable bonds is 6. The molecule has 18 heavy (non-hydrogen) atoms. The summed E-state index contributed by atoms with van der Waals surface area (Å²) in [4.78, 5) is 0.377. The Labute approximate surface area is 110 Å². The van der Waals surface area contributed by atoms with Crippen LogP contribution in [-0.4, -0.2) is 32.9 Å². The van der Waals surface area contributed by atoms with Crippen LogP contribution in [0.2, 0.25) is 0 Å². The molecule has 0 aliphatic heterocycles. The number of hydrogen-bond acceptors (Lipinski definition) is 3. The smallest absolute Gasteiger partial charge is 0.243 e. The summed E-state index contributed by atoms with van der Waals surface area (Å²) in [6.07, 6.45) is 0. The predicted octanol–water partition coefficient (Wildman–Crippen LogP) is 1.74. The lowest BCUT2D eigenvalue weighted by Crippen LogP contribution is -2.30. The summed E-state index contributed by atoms with van der Waals surface area (Å²) in [6.45, 7) is 7.35. The number of sulfonamides is 1. The normalized spacial score (nSPS) is 12.1. The van der Waals surface area contributed by atoms with Crippen molar-refractivity contribution in [2.75, 3.05) is 20.1 Å². The van der Waals surface area contributed by atoms with E-state index in [1.165, 1.54) is 4.31 Å². The first-order chi connectivity index (χ1) is 8.47. The number of nitrogens with one attached hydrogen (secondary N) is 1. The van der Waals surface area contributed by atoms with Crippen molar-refractivity contribution in [2.45, 2.75) is 32.2 Å². The molecule has 0 amide bonds. The fourth-order valence-corrected chi connectivity index (χ4v) is 3.41. The third kappa shape index (κ3) is 3.10. The van der Waals surface area contributed by atoms with Gasteiger partial charge in [-0.3, -0.25) is 0 Å². The topological polar surface area (TPSA) is 49.4 Å². The lowest BCUT2D eigenvalue weighted by atomic mass is 10.1. The molecule has 0 spiro atoms. The summed E-state index contributed by atoms with van der Waals surface area (Å²) >= 11 is 0. The second kappa shape index (κ2) is 6.31. The molecule has 0 bridgehead atoms. The Bertz CT molecular complexity index is 494. The zero-order valence-electron chi connectivity index (χ0n) is 11.5. The van der Waals surface area contributed by atoms with E-state index in [0.29, 0.717) is 24.5 Å². The van der Waals surface area contributed by atoms with Gasteiger partial charge < -0.3 is 5.32 Å². The highest BCUT2D eigenvalue weighted by atomic mass is 32.2. The van der Waals surface area contributed by atoms with E-state index in [1.54, 1.807) is 12.1 Å². The van der Waals surface area contributed by atoms with Gasteiger partial charge in [-0.25, -0.2) is 8.42 Å². The third-order valence-corrected chi connectivity index (χ3v) is 5.08. The third-order valence-electron chi connectivity index (χ3n) is 3.03. The van der Waals surface area contributed by atoms with Gasteiger partial charge in [-0.05, 0) is 37.2 Å². The Morgan fingerprint density at radius 3 is 2.33 bits per heavy atom. The molecule has 0 aliphatic rings. The molecule has 1 rings (SSSR count). The van der Waals surface area contributed by atoms with Gasteiger partial charge in [0.15, 0.2) is 0 Å². The van der Waals surface area contributed by atoms with Crippen molar-refractivity contribution in [3.8, 4) is 0 Å². The van der Waals surface area contributed by atoms with Crippen LogP contribution in [0.4, 0.5) is 0 Å². The van der Waals surface area contributed by atoms with Crippen molar-refractivity contribution < 1.29 is 8.42 Å². The van der Waals surface area contributed by atoms with Crippen molar-refractivity contribution in [3.63, 3.8) is 0 Å². The molecule has 0 aromatic heterocycles. The molecular weight excluding hydrogens is 248 g/mol. The molecule has 0 aliphatic carbocycles. The molecule has 1 N–H and O–H groups in total. The molecule has 0 saturated heterocycles. The van der Waals surface area contributed by atoms with Crippen molar-refractivity contribution in [2.24, 2.45) is 0 Å². The fourth-order valence-electron chi connectivity index (χ4n) is 1.90. The van der Waals surface area contributed by atoms with Crippen molar-refractivity contribution in [3.05, 3.63) is 29.3 Å². The van der Waals surface area contributed by atoms with Crippen LogP contribution < -0.4 is 5.32 Å². The average molecular weight is 270 g/mol. The highest BCUT2D eigenvalue weighted by molar-refractivity contribution is 7.89. The van der Waals surface area contributed by atoms with Gasteiger partial charge >= 0.3 is 0 Å². The van der Waals surface area contributed by atoms with Crippen LogP contribution in [0.25, 0.3) is 0 Å². The number of hydrogen-bond donors (Lipinski definition) is 1. The summed E-state index contributed by atoms with van der Waals surface area (Å²) in [6, 6.07) is 5.31. The SMILES string of the molecule is CCN(CC)S(=O)(=O)c1ccc(C)c(CNC)c1. The van der Waals surface area contributed by atoms with Crippen LogP contribution in [-0.2, 0) is 16.6 Å². The summed E-state index contributed by atoms with van der Waals surface area (Å²) < 4.78 is 26.2. The molecule has 0 unspecified atom stereocenters. The van der Waals surface area contributed by atoms with E-state index in [1.807, 2.05) is 33.9 Å². The van der Waals surface area contributed by atoms with E-state index in [-0.39, 0.29) is 0 Å². The Hall–Kier alpha value is -0.910. The van der Waals surface area contributed by atoms with Crippen LogP contribution in [0.1, 0.15) is 25.0 Å². The Kier molecular flexibility index (Phi) is 5.31. The quantitative estimate of drug-likeness (QED) is 0.856. The van der Waals surface area contributed by atoms with Gasteiger partial charge in [0.2, 0.25) is 10.0 Å². The standard InChI is InChI=1S/C13H22N2O2S/c1-5-15(6-2)18(16,17)13-8-7-11(3)12(9-13)10-14-4/h7-9,14H,5-6,10H2,1-4H3. The molecule has 1 aromatic carbocycles. The Morgan fingerprint density at radius 2 is 1.83 bits per heavy atom. The van der Waals surface area contributed by atoms with Crippen molar-refractivity contribution in [1.29, 1.82) is 0 Å². The second-order valence-corrected chi connectivity index (χ2v) is 6.15. The van der Waals surface area contributed by atoms with Crippen LogP contribution in [0.15, 0.2) is 23.1 Å². The molecule has 0 radical (unpaired) electrons. The van der Waals surface area contributed by atoms with Crippen molar-refractivity contribution in [1.82, 2.24) is 9.62 Å². The van der Waals surface area contributed by atoms with Crippen LogP contribution >= 0.6 is 0 Å². The van der Waals surface area contributed by atoms with E-state index in [4.69, 9.17) is 0 Å². The summed E-state index contributed by atoms with van der Waals surface area (Å²) in [7, 11) is -1.50. The monoisotopic (exact) mass is 270 g/mol. The Morgan fingerprint density at radius 1 is 1.22 bits per heavy atom. The highest BCUT2D eigenvalue weighted by Crippen LogP contribution is 2.19. The van der Waals surface area contributed by atoms with Gasteiger partial charge in [-0.1, -0.05) is 19.9 Å². The van der Waals surface area contributed by atoms with E-state index in [2.05, 4.69) is 5.32 Å². The van der Waals surface area contributed by atoms with E-state index >= 15 is 0 Å². The van der Waals surface area contributed by atoms with Crippen molar-refractivity contribution >= 4 is 10.0 Å². The molecule has 0 fully saturated rings. The van der Waals surface area contributed by atoms with E-state index in [0.717, 1.165) is 11.1 Å². The lowest BCUT2D eigenvalue weighted by molar-refractivity contribution is 0.445. The molecule has 0 atom stereocenters. The van der Waals surface area contributed by atoms with Crippen LogP contribution in [0.3, 0.4) is 0 Å². The number of benzene rings is 1. The summed E-state index contributed by atoms with van der Waals surface area (Å²) in [5, 5.41) is 3.05. The maximum atomic E-state index is 12.4. The molecule has 5 heteroatoms. The minimum atomic E-state index is -3.35. The number of aryl methyl sites for hydroxylation is 1. The first-order valence-corrected chi connectivity index (χ1v) is 7.65. The maximum absolute atomic E-state index is 12.4. The van der Waals surface area contributed by atoms with Gasteiger partial charge in [-0.2, -0.15) is 4.31 Å². The van der Waals surface area contributed by atoms with E-state index < -0.39 is 10.0 Å². The Balaban J connectivity index is 3.21. The zero-order valence-corrected chi connectivity index (χ0v) is 12.3.